The Labute approximate surface area is 211 Å². The molecule has 0 N–H and O–H groups in total. The zero-order chi connectivity index (χ0) is 23.7. The highest BCUT2D eigenvalue weighted by atomic mass is 35.5. The lowest BCUT2D eigenvalue weighted by Crippen LogP contribution is -2.00. The number of hydrogen-bond acceptors (Lipinski definition) is 5. The molecule has 0 saturated carbocycles. The van der Waals surface area contributed by atoms with Crippen molar-refractivity contribution in [3.8, 4) is 50.4 Å². The Balaban J connectivity index is 1.73. The summed E-state index contributed by atoms with van der Waals surface area (Å²) in [6.07, 6.45) is 0. The van der Waals surface area contributed by atoms with Crippen LogP contribution in [0.2, 0.25) is 10.0 Å². The van der Waals surface area contributed by atoms with E-state index in [2.05, 4.69) is 0 Å². The quantitative estimate of drug-likeness (QED) is 0.236. The number of ether oxygens (including phenoxy) is 2. The van der Waals surface area contributed by atoms with Crippen LogP contribution in [-0.4, -0.2) is 29.0 Å². The fourth-order valence-corrected chi connectivity index (χ4v) is 4.97. The average molecular weight is 508 g/mol. The third kappa shape index (κ3) is 4.05. The van der Waals surface area contributed by atoms with Crippen LogP contribution in [0.25, 0.3) is 38.9 Å². The van der Waals surface area contributed by atoms with Crippen LogP contribution in [0, 0.1) is 0 Å². The second-order valence-corrected chi connectivity index (χ2v) is 9.00. The van der Waals surface area contributed by atoms with Crippen LogP contribution in [-0.2, 0) is 0 Å². The maximum absolute atomic E-state index is 7.02. The number of benzene rings is 3. The van der Waals surface area contributed by atoms with Gasteiger partial charge < -0.3 is 9.47 Å². The lowest BCUT2D eigenvalue weighted by Gasteiger charge is -2.10. The van der Waals surface area contributed by atoms with Gasteiger partial charge in [-0.25, -0.2) is 9.67 Å². The SMILES string of the molecule is COc1ccccc1-c1nn(-c2nc(-c3ccc(Cl)cc3)cs2)c(-c2ccccc2OC)c1Cl. The molecule has 0 atom stereocenters. The van der Waals surface area contributed by atoms with Crippen molar-refractivity contribution in [3.05, 3.63) is 88.2 Å². The second-order valence-electron chi connectivity index (χ2n) is 7.35. The van der Waals surface area contributed by atoms with Gasteiger partial charge in [-0.05, 0) is 36.4 Å². The van der Waals surface area contributed by atoms with Crippen LogP contribution in [0.1, 0.15) is 0 Å². The molecule has 2 heterocycles. The Kier molecular flexibility index (Phi) is 6.28. The summed E-state index contributed by atoms with van der Waals surface area (Å²) in [6.45, 7) is 0. The molecule has 5 rings (SSSR count). The third-order valence-electron chi connectivity index (χ3n) is 5.37. The average Bonchev–Trinajstić information content (AvgIpc) is 3.49. The van der Waals surface area contributed by atoms with Gasteiger partial charge in [0.25, 0.3) is 0 Å². The minimum absolute atomic E-state index is 0.484. The molecule has 170 valence electrons. The lowest BCUT2D eigenvalue weighted by atomic mass is 10.1. The van der Waals surface area contributed by atoms with Crippen molar-refractivity contribution >= 4 is 34.5 Å². The molecular weight excluding hydrogens is 489 g/mol. The van der Waals surface area contributed by atoms with Gasteiger partial charge in [-0.15, -0.1) is 11.3 Å². The maximum Gasteiger partial charge on any atom is 0.211 e. The minimum Gasteiger partial charge on any atom is -0.496 e. The molecule has 3 aromatic carbocycles. The van der Waals surface area contributed by atoms with Crippen molar-refractivity contribution in [1.29, 1.82) is 0 Å². The van der Waals surface area contributed by atoms with E-state index in [1.807, 2.05) is 78.2 Å². The van der Waals surface area contributed by atoms with E-state index in [0.717, 1.165) is 22.4 Å². The maximum atomic E-state index is 7.02. The molecular formula is C26H19Cl2N3O2S. The highest BCUT2D eigenvalue weighted by Crippen LogP contribution is 2.44. The Morgan fingerprint density at radius 1 is 0.794 bits per heavy atom. The molecule has 5 nitrogen and oxygen atoms in total. The molecule has 34 heavy (non-hydrogen) atoms. The Morgan fingerprint density at radius 2 is 1.41 bits per heavy atom. The summed E-state index contributed by atoms with van der Waals surface area (Å²) in [4.78, 5) is 4.86. The summed E-state index contributed by atoms with van der Waals surface area (Å²) in [5, 5.41) is 8.73. The van der Waals surface area contributed by atoms with Gasteiger partial charge in [0, 0.05) is 27.1 Å². The van der Waals surface area contributed by atoms with Gasteiger partial charge >= 0.3 is 0 Å². The fourth-order valence-electron chi connectivity index (χ4n) is 3.74. The van der Waals surface area contributed by atoms with Crippen LogP contribution in [0.5, 0.6) is 11.5 Å². The van der Waals surface area contributed by atoms with Gasteiger partial charge in [-0.1, -0.05) is 59.6 Å². The number of rotatable bonds is 6. The topological polar surface area (TPSA) is 49.2 Å². The van der Waals surface area contributed by atoms with Crippen molar-refractivity contribution in [2.24, 2.45) is 0 Å². The Morgan fingerprint density at radius 3 is 2.09 bits per heavy atom. The summed E-state index contributed by atoms with van der Waals surface area (Å²) >= 11 is 14.5. The first kappa shape index (κ1) is 22.5. The van der Waals surface area contributed by atoms with E-state index in [4.69, 9.17) is 42.8 Å². The number of hydrogen-bond donors (Lipinski definition) is 0. The number of methoxy groups -OCH3 is 2. The van der Waals surface area contributed by atoms with Crippen molar-refractivity contribution in [1.82, 2.24) is 14.8 Å². The van der Waals surface area contributed by atoms with Gasteiger partial charge in [-0.2, -0.15) is 5.10 Å². The predicted molar refractivity (Wildman–Crippen MR) is 139 cm³/mol. The number of para-hydroxylation sites is 2. The number of halogens is 2. The number of aromatic nitrogens is 3. The zero-order valence-corrected chi connectivity index (χ0v) is 20.7. The van der Waals surface area contributed by atoms with Crippen molar-refractivity contribution in [2.75, 3.05) is 14.2 Å². The van der Waals surface area contributed by atoms with Gasteiger partial charge in [-0.3, -0.25) is 0 Å². The molecule has 0 radical (unpaired) electrons. The molecule has 0 spiro atoms. The van der Waals surface area contributed by atoms with E-state index in [-0.39, 0.29) is 0 Å². The van der Waals surface area contributed by atoms with Crippen molar-refractivity contribution in [3.63, 3.8) is 0 Å². The molecule has 5 aromatic rings. The standard InChI is InChI=1S/C26H19Cl2N3O2S/c1-32-21-9-5-3-7-18(21)24-23(28)25(19-8-4-6-10-22(19)33-2)31(30-24)26-29-20(15-34-26)16-11-13-17(27)14-12-16/h3-15H,1-2H3. The highest BCUT2D eigenvalue weighted by molar-refractivity contribution is 7.12. The zero-order valence-electron chi connectivity index (χ0n) is 18.3. The van der Waals surface area contributed by atoms with Crippen LogP contribution in [0.15, 0.2) is 78.2 Å². The predicted octanol–water partition coefficient (Wildman–Crippen LogP) is 7.65. The summed E-state index contributed by atoms with van der Waals surface area (Å²) in [5.41, 5.74) is 4.69. The Hall–Kier alpha value is -3.32. The summed E-state index contributed by atoms with van der Waals surface area (Å²) in [6, 6.07) is 22.9. The van der Waals surface area contributed by atoms with E-state index < -0.39 is 0 Å². The smallest absolute Gasteiger partial charge is 0.211 e. The molecule has 0 unspecified atom stereocenters. The van der Waals surface area contributed by atoms with E-state index in [0.29, 0.717) is 38.1 Å². The summed E-state index contributed by atoms with van der Waals surface area (Å²) in [5.74, 6) is 1.37. The molecule has 0 aliphatic rings. The monoisotopic (exact) mass is 507 g/mol. The number of nitrogens with zero attached hydrogens (tertiary/aromatic N) is 3. The van der Waals surface area contributed by atoms with Gasteiger partial charge in [0.15, 0.2) is 0 Å². The second kappa shape index (κ2) is 9.50. The molecule has 0 saturated heterocycles. The van der Waals surface area contributed by atoms with Crippen LogP contribution < -0.4 is 9.47 Å². The first-order valence-corrected chi connectivity index (χ1v) is 12.0. The molecule has 0 bridgehead atoms. The van der Waals surface area contributed by atoms with Crippen LogP contribution in [0.3, 0.4) is 0 Å². The summed E-state index contributed by atoms with van der Waals surface area (Å²) in [7, 11) is 3.26. The molecule has 0 aliphatic heterocycles. The van der Waals surface area contributed by atoms with Gasteiger partial charge in [0.05, 0.1) is 30.6 Å². The molecule has 0 fully saturated rings. The summed E-state index contributed by atoms with van der Waals surface area (Å²) < 4.78 is 13.0. The first-order valence-electron chi connectivity index (χ1n) is 10.4. The normalized spacial score (nSPS) is 10.9. The van der Waals surface area contributed by atoms with E-state index >= 15 is 0 Å². The third-order valence-corrected chi connectivity index (χ3v) is 6.79. The molecule has 0 aliphatic carbocycles. The van der Waals surface area contributed by atoms with Crippen molar-refractivity contribution in [2.45, 2.75) is 0 Å². The Bertz CT molecular complexity index is 1460. The van der Waals surface area contributed by atoms with E-state index in [1.54, 1.807) is 18.9 Å². The van der Waals surface area contributed by atoms with Crippen molar-refractivity contribution < 1.29 is 9.47 Å². The van der Waals surface area contributed by atoms with Gasteiger partial charge in [0.1, 0.15) is 17.2 Å². The molecule has 0 amide bonds. The fraction of sp³-hybridized carbons (Fsp3) is 0.0769. The van der Waals surface area contributed by atoms with Gasteiger partial charge in [0.2, 0.25) is 5.13 Å². The van der Waals surface area contributed by atoms with E-state index in [1.165, 1.54) is 11.3 Å². The first-order chi connectivity index (χ1) is 16.6. The lowest BCUT2D eigenvalue weighted by molar-refractivity contribution is 0.416. The van der Waals surface area contributed by atoms with E-state index in [9.17, 15) is 0 Å². The number of thiazole rings is 1. The highest BCUT2D eigenvalue weighted by Gasteiger charge is 2.25. The van der Waals surface area contributed by atoms with Crippen LogP contribution in [0.4, 0.5) is 0 Å². The largest absolute Gasteiger partial charge is 0.496 e. The molecule has 8 heteroatoms. The molecule has 2 aromatic heterocycles. The minimum atomic E-state index is 0.484. The van der Waals surface area contributed by atoms with Crippen LogP contribution >= 0.6 is 34.5 Å².